The van der Waals surface area contributed by atoms with E-state index in [9.17, 15) is 9.59 Å². The van der Waals surface area contributed by atoms with E-state index in [0.29, 0.717) is 18.1 Å². The highest BCUT2D eigenvalue weighted by atomic mass is 16.5. The number of methoxy groups -OCH3 is 1. The maximum absolute atomic E-state index is 12.5. The van der Waals surface area contributed by atoms with Crippen LogP contribution in [0.25, 0.3) is 0 Å². The Hall–Kier alpha value is -2.89. The van der Waals surface area contributed by atoms with E-state index >= 15 is 0 Å². The Kier molecular flexibility index (Phi) is 4.23. The number of anilines is 1. The number of nitrogens with one attached hydrogen (secondary N) is 2. The molecule has 0 bridgehead atoms. The third-order valence-corrected chi connectivity index (χ3v) is 3.75. The van der Waals surface area contributed by atoms with E-state index in [1.165, 1.54) is 7.11 Å². The second kappa shape index (κ2) is 6.48. The van der Waals surface area contributed by atoms with Gasteiger partial charge in [0.2, 0.25) is 11.8 Å². The van der Waals surface area contributed by atoms with Crippen LogP contribution in [0.4, 0.5) is 5.69 Å². The molecular weight excluding hydrogens is 294 g/mol. The Labute approximate surface area is 133 Å². The summed E-state index contributed by atoms with van der Waals surface area (Å²) in [6.45, 7) is 0.655. The Morgan fingerprint density at radius 3 is 2.83 bits per heavy atom. The number of Topliss-reactive ketones (excluding diaryl/α,β-unsaturated/α-hetero) is 1. The van der Waals surface area contributed by atoms with Gasteiger partial charge in [-0.15, -0.1) is 0 Å². The van der Waals surface area contributed by atoms with Crippen molar-refractivity contribution in [3.8, 4) is 5.88 Å². The van der Waals surface area contributed by atoms with Crippen LogP contribution in [0, 0.1) is 5.92 Å². The average molecular weight is 311 g/mol. The summed E-state index contributed by atoms with van der Waals surface area (Å²) in [7, 11) is 1.49. The lowest BCUT2D eigenvalue weighted by Crippen LogP contribution is -2.42. The van der Waals surface area contributed by atoms with Crippen LogP contribution < -0.4 is 15.4 Å². The van der Waals surface area contributed by atoms with Crippen LogP contribution in [0.1, 0.15) is 16.1 Å². The molecule has 1 amide bonds. The zero-order valence-electron chi connectivity index (χ0n) is 12.7. The molecule has 1 unspecified atom stereocenters. The third-order valence-electron chi connectivity index (χ3n) is 3.75. The van der Waals surface area contributed by atoms with E-state index in [2.05, 4.69) is 15.6 Å². The van der Waals surface area contributed by atoms with E-state index in [-0.39, 0.29) is 23.9 Å². The Bertz CT molecular complexity index is 731. The fraction of sp³-hybridized carbons (Fsp3) is 0.235. The Morgan fingerprint density at radius 1 is 1.30 bits per heavy atom. The number of nitrogens with zero attached hydrogens (tertiary/aromatic N) is 1. The fourth-order valence-electron chi connectivity index (χ4n) is 2.48. The second-order valence-corrected chi connectivity index (χ2v) is 5.25. The van der Waals surface area contributed by atoms with E-state index in [4.69, 9.17) is 4.74 Å². The van der Waals surface area contributed by atoms with Crippen molar-refractivity contribution in [1.29, 1.82) is 0 Å². The molecule has 1 aromatic heterocycles. The second-order valence-electron chi connectivity index (χ2n) is 5.25. The number of carbonyl (C=O) groups excluding carboxylic acids is 2. The van der Waals surface area contributed by atoms with Gasteiger partial charge in [-0.1, -0.05) is 30.3 Å². The highest BCUT2D eigenvalue weighted by molar-refractivity contribution is 6.13. The number of pyridine rings is 1. The standard InChI is InChI=1S/C17H17N3O3/c1-23-14-8-7-13-15(20-14)16(21)12(10-18-13)17(22)19-9-11-5-3-2-4-6-11/h2-8,12,18H,9-10H2,1H3,(H,19,22). The maximum atomic E-state index is 12.5. The minimum absolute atomic E-state index is 0.246. The van der Waals surface area contributed by atoms with Crippen LogP contribution in [0.2, 0.25) is 0 Å². The SMILES string of the molecule is COc1ccc2c(n1)C(=O)C(C(=O)NCc1ccccc1)CN2. The number of ketones is 1. The predicted molar refractivity (Wildman–Crippen MR) is 85.4 cm³/mol. The van der Waals surface area contributed by atoms with Gasteiger partial charge in [0.25, 0.3) is 0 Å². The summed E-state index contributed by atoms with van der Waals surface area (Å²) >= 11 is 0. The number of hydrogen-bond acceptors (Lipinski definition) is 5. The van der Waals surface area contributed by atoms with Crippen molar-refractivity contribution in [2.45, 2.75) is 6.54 Å². The van der Waals surface area contributed by atoms with Crippen molar-refractivity contribution in [2.24, 2.45) is 5.92 Å². The molecule has 23 heavy (non-hydrogen) atoms. The van der Waals surface area contributed by atoms with Crippen molar-refractivity contribution in [1.82, 2.24) is 10.3 Å². The first-order valence-electron chi connectivity index (χ1n) is 7.34. The lowest BCUT2D eigenvalue weighted by molar-refractivity contribution is -0.123. The highest BCUT2D eigenvalue weighted by Crippen LogP contribution is 2.25. The summed E-state index contributed by atoms with van der Waals surface area (Å²) in [4.78, 5) is 29.0. The first kappa shape index (κ1) is 15.0. The van der Waals surface area contributed by atoms with Gasteiger partial charge >= 0.3 is 0 Å². The molecule has 0 radical (unpaired) electrons. The number of aromatic nitrogens is 1. The summed E-state index contributed by atoms with van der Waals surface area (Å²) in [5.41, 5.74) is 1.86. The quantitative estimate of drug-likeness (QED) is 0.839. The number of rotatable bonds is 4. The topological polar surface area (TPSA) is 80.3 Å². The number of hydrogen-bond donors (Lipinski definition) is 2. The molecule has 6 heteroatoms. The molecule has 2 aromatic rings. The van der Waals surface area contributed by atoms with E-state index in [1.54, 1.807) is 12.1 Å². The van der Waals surface area contributed by atoms with Gasteiger partial charge in [0.05, 0.1) is 12.8 Å². The van der Waals surface area contributed by atoms with E-state index in [1.807, 2.05) is 30.3 Å². The van der Waals surface area contributed by atoms with Crippen molar-refractivity contribution in [3.63, 3.8) is 0 Å². The van der Waals surface area contributed by atoms with Crippen LogP contribution in [-0.4, -0.2) is 30.3 Å². The smallest absolute Gasteiger partial charge is 0.233 e. The average Bonchev–Trinajstić information content (AvgIpc) is 2.60. The molecule has 2 N–H and O–H groups in total. The molecule has 1 aromatic carbocycles. The summed E-state index contributed by atoms with van der Waals surface area (Å²) in [6.07, 6.45) is 0. The predicted octanol–water partition coefficient (Wildman–Crippen LogP) is 1.63. The van der Waals surface area contributed by atoms with Crippen molar-refractivity contribution < 1.29 is 14.3 Å². The minimum atomic E-state index is -0.786. The third kappa shape index (κ3) is 3.15. The molecule has 118 valence electrons. The molecule has 0 fully saturated rings. The first-order chi connectivity index (χ1) is 11.2. The first-order valence-corrected chi connectivity index (χ1v) is 7.34. The Balaban J connectivity index is 1.71. The lowest BCUT2D eigenvalue weighted by Gasteiger charge is -2.23. The summed E-state index contributed by atoms with van der Waals surface area (Å²) in [5, 5.41) is 5.87. The number of benzene rings is 1. The number of carbonyl (C=O) groups is 2. The summed E-state index contributed by atoms with van der Waals surface area (Å²) < 4.78 is 5.04. The summed E-state index contributed by atoms with van der Waals surface area (Å²) in [5.74, 6) is -1.03. The van der Waals surface area contributed by atoms with Gasteiger partial charge in [-0.2, -0.15) is 0 Å². The maximum Gasteiger partial charge on any atom is 0.233 e. The number of fused-ring (bicyclic) bond motifs is 1. The molecule has 6 nitrogen and oxygen atoms in total. The van der Waals surface area contributed by atoms with Crippen LogP contribution in [0.15, 0.2) is 42.5 Å². The van der Waals surface area contributed by atoms with E-state index < -0.39 is 5.92 Å². The van der Waals surface area contributed by atoms with Crippen LogP contribution in [0.3, 0.4) is 0 Å². The molecule has 3 rings (SSSR count). The Morgan fingerprint density at radius 2 is 2.09 bits per heavy atom. The molecule has 1 aliphatic rings. The van der Waals surface area contributed by atoms with Crippen LogP contribution in [-0.2, 0) is 11.3 Å². The van der Waals surface area contributed by atoms with Gasteiger partial charge in [0.1, 0.15) is 11.6 Å². The molecule has 0 saturated carbocycles. The summed E-state index contributed by atoms with van der Waals surface area (Å²) in [6, 6.07) is 13.0. The monoisotopic (exact) mass is 311 g/mol. The lowest BCUT2D eigenvalue weighted by atomic mass is 9.95. The van der Waals surface area contributed by atoms with Crippen LogP contribution >= 0.6 is 0 Å². The van der Waals surface area contributed by atoms with Gasteiger partial charge in [-0.25, -0.2) is 4.98 Å². The molecule has 0 aliphatic carbocycles. The van der Waals surface area contributed by atoms with Gasteiger partial charge in [-0.3, -0.25) is 9.59 Å². The zero-order valence-corrected chi connectivity index (χ0v) is 12.7. The van der Waals surface area contributed by atoms with Crippen molar-refractivity contribution in [3.05, 3.63) is 53.7 Å². The molecule has 0 spiro atoms. The molecule has 2 heterocycles. The van der Waals surface area contributed by atoms with Crippen LogP contribution in [0.5, 0.6) is 5.88 Å². The molecule has 1 aliphatic heterocycles. The zero-order chi connectivity index (χ0) is 16.2. The van der Waals surface area contributed by atoms with Gasteiger partial charge in [-0.05, 0) is 11.6 Å². The molecule has 1 atom stereocenters. The normalized spacial score (nSPS) is 16.2. The van der Waals surface area contributed by atoms with Crippen molar-refractivity contribution >= 4 is 17.4 Å². The van der Waals surface area contributed by atoms with Gasteiger partial charge in [0.15, 0.2) is 5.78 Å². The number of ether oxygens (including phenoxy) is 1. The highest BCUT2D eigenvalue weighted by Gasteiger charge is 2.34. The molecule has 0 saturated heterocycles. The fourth-order valence-corrected chi connectivity index (χ4v) is 2.48. The number of amides is 1. The largest absolute Gasteiger partial charge is 0.481 e. The molecular formula is C17H17N3O3. The van der Waals surface area contributed by atoms with Gasteiger partial charge in [0, 0.05) is 19.2 Å². The minimum Gasteiger partial charge on any atom is -0.481 e. The van der Waals surface area contributed by atoms with Crippen molar-refractivity contribution in [2.75, 3.05) is 19.0 Å². The van der Waals surface area contributed by atoms with E-state index in [0.717, 1.165) is 5.56 Å². The van der Waals surface area contributed by atoms with Gasteiger partial charge < -0.3 is 15.4 Å².